The maximum absolute atomic E-state index is 14.1. The smallest absolute Gasteiger partial charge is 0.414 e. The highest BCUT2D eigenvalue weighted by atomic mass is 19.1. The number of nitrogens with zero attached hydrogens (tertiary/aromatic N) is 6. The van der Waals surface area contributed by atoms with E-state index >= 15 is 0 Å². The monoisotopic (exact) mass is 294 g/mol. The molecule has 21 heavy (non-hydrogen) atoms. The number of ether oxygens (including phenoxy) is 1. The third kappa shape index (κ3) is 2.40. The van der Waals surface area contributed by atoms with E-state index < -0.39 is 18.0 Å². The summed E-state index contributed by atoms with van der Waals surface area (Å²) in [4.78, 5) is 17.9. The van der Waals surface area contributed by atoms with Crippen LogP contribution in [0.2, 0.25) is 0 Å². The van der Waals surface area contributed by atoms with Crippen LogP contribution >= 0.6 is 0 Å². The fourth-order valence-electron chi connectivity index (χ4n) is 1.95. The molecule has 0 saturated carbocycles. The molecule has 0 aliphatic carbocycles. The molecule has 0 bridgehead atoms. The van der Waals surface area contributed by atoms with Gasteiger partial charge in [0.15, 0.2) is 5.82 Å². The van der Waals surface area contributed by atoms with Gasteiger partial charge in [-0.25, -0.2) is 14.2 Å². The molecule has 1 N–H and O–H groups in total. The predicted molar refractivity (Wildman–Crippen MR) is 66.7 cm³/mol. The van der Waals surface area contributed by atoms with Crippen LogP contribution in [-0.2, 0) is 11.8 Å². The largest absolute Gasteiger partial charge is 0.441 e. The van der Waals surface area contributed by atoms with Crippen molar-refractivity contribution in [1.29, 1.82) is 0 Å². The molecule has 1 aliphatic heterocycles. The van der Waals surface area contributed by atoms with E-state index in [0.717, 1.165) is 6.07 Å². The number of pyridine rings is 1. The van der Waals surface area contributed by atoms with Gasteiger partial charge in [0, 0.05) is 6.07 Å². The number of carbonyl (C=O) groups is 1. The molecule has 0 spiro atoms. The summed E-state index contributed by atoms with van der Waals surface area (Å²) in [5.74, 6) is -0.625. The molecule has 1 fully saturated rings. The number of amides is 1. The molecule has 2 aromatic heterocycles. The van der Waals surface area contributed by atoms with Crippen LogP contribution in [0.15, 0.2) is 12.3 Å². The van der Waals surface area contributed by atoms with Crippen LogP contribution in [0.4, 0.5) is 14.9 Å². The molecule has 3 rings (SSSR count). The third-order valence-electron chi connectivity index (χ3n) is 2.94. The van der Waals surface area contributed by atoms with Crippen LogP contribution in [-0.4, -0.2) is 55.6 Å². The van der Waals surface area contributed by atoms with Gasteiger partial charge in [0.1, 0.15) is 11.8 Å². The van der Waals surface area contributed by atoms with Crippen molar-refractivity contribution in [2.75, 3.05) is 18.1 Å². The van der Waals surface area contributed by atoms with E-state index in [1.807, 2.05) is 0 Å². The number of hydrogen-bond acceptors (Lipinski definition) is 7. The molecule has 0 radical (unpaired) electrons. The van der Waals surface area contributed by atoms with Gasteiger partial charge in [-0.3, -0.25) is 4.90 Å². The van der Waals surface area contributed by atoms with Crippen molar-refractivity contribution in [1.82, 2.24) is 25.2 Å². The van der Waals surface area contributed by atoms with Crippen molar-refractivity contribution >= 4 is 11.8 Å². The number of halogens is 1. The van der Waals surface area contributed by atoms with Crippen LogP contribution in [0.25, 0.3) is 11.5 Å². The van der Waals surface area contributed by atoms with Gasteiger partial charge in [0.05, 0.1) is 32.1 Å². The Morgan fingerprint density at radius 1 is 1.57 bits per heavy atom. The number of carbonyl (C=O) groups excluding carboxylic acids is 1. The lowest BCUT2D eigenvalue weighted by molar-refractivity contribution is 0.0963. The Bertz CT molecular complexity index is 690. The van der Waals surface area contributed by atoms with Crippen molar-refractivity contribution in [3.63, 3.8) is 0 Å². The highest BCUT2D eigenvalue weighted by molar-refractivity contribution is 5.89. The molecule has 110 valence electrons. The minimum Gasteiger partial charge on any atom is -0.441 e. The van der Waals surface area contributed by atoms with Gasteiger partial charge in [-0.15, -0.1) is 10.2 Å². The standard InChI is InChI=1S/C11H11FN6O3/c1-17-15-10(14-16-17)9-8(12)2-6(3-13-9)18-4-7(5-19)21-11(18)20/h2-3,7,19H,4-5H2,1H3. The van der Waals surface area contributed by atoms with Crippen LogP contribution < -0.4 is 4.90 Å². The Hall–Kier alpha value is -2.62. The zero-order chi connectivity index (χ0) is 15.0. The van der Waals surface area contributed by atoms with Crippen LogP contribution in [0.3, 0.4) is 0 Å². The lowest BCUT2D eigenvalue weighted by Gasteiger charge is -2.12. The summed E-state index contributed by atoms with van der Waals surface area (Å²) in [6, 6.07) is 1.14. The summed E-state index contributed by atoms with van der Waals surface area (Å²) in [7, 11) is 1.55. The molecule has 1 aliphatic rings. The van der Waals surface area contributed by atoms with Gasteiger partial charge in [-0.2, -0.15) is 4.80 Å². The fraction of sp³-hybridized carbons (Fsp3) is 0.364. The number of cyclic esters (lactones) is 1. The van der Waals surface area contributed by atoms with E-state index in [4.69, 9.17) is 9.84 Å². The van der Waals surface area contributed by atoms with Gasteiger partial charge >= 0.3 is 6.09 Å². The Morgan fingerprint density at radius 3 is 2.95 bits per heavy atom. The molecule has 1 saturated heterocycles. The Balaban J connectivity index is 1.90. The normalized spacial score (nSPS) is 18.1. The first-order valence-corrected chi connectivity index (χ1v) is 6.07. The van der Waals surface area contributed by atoms with Gasteiger partial charge in [-0.1, -0.05) is 0 Å². The van der Waals surface area contributed by atoms with Gasteiger partial charge in [-0.05, 0) is 5.21 Å². The van der Waals surface area contributed by atoms with Gasteiger partial charge in [0.25, 0.3) is 0 Å². The number of rotatable bonds is 3. The quantitative estimate of drug-likeness (QED) is 0.830. The predicted octanol–water partition coefficient (Wildman–Crippen LogP) is -0.271. The summed E-state index contributed by atoms with van der Waals surface area (Å²) in [5.41, 5.74) is 0.180. The summed E-state index contributed by atoms with van der Waals surface area (Å²) < 4.78 is 19.0. The molecule has 3 heterocycles. The van der Waals surface area contributed by atoms with Gasteiger partial charge < -0.3 is 9.84 Å². The van der Waals surface area contributed by atoms with E-state index in [0.29, 0.717) is 0 Å². The zero-order valence-corrected chi connectivity index (χ0v) is 11.0. The topological polar surface area (TPSA) is 106 Å². The Kier molecular flexibility index (Phi) is 3.22. The number of aryl methyl sites for hydroxylation is 1. The summed E-state index contributed by atoms with van der Waals surface area (Å²) in [6.45, 7) is -0.154. The van der Waals surface area contributed by atoms with Crippen molar-refractivity contribution in [3.8, 4) is 11.5 Å². The molecule has 10 heteroatoms. The molecular weight excluding hydrogens is 283 g/mol. The second-order valence-corrected chi connectivity index (χ2v) is 4.43. The molecular formula is C11H11FN6O3. The first kappa shape index (κ1) is 13.4. The van der Waals surface area contributed by atoms with E-state index in [2.05, 4.69) is 20.4 Å². The second-order valence-electron chi connectivity index (χ2n) is 4.43. The molecule has 2 aromatic rings. The zero-order valence-electron chi connectivity index (χ0n) is 11.0. The Morgan fingerprint density at radius 2 is 2.38 bits per heavy atom. The maximum atomic E-state index is 14.1. The minimum atomic E-state index is -0.680. The van der Waals surface area contributed by atoms with E-state index in [-0.39, 0.29) is 30.4 Å². The lowest BCUT2D eigenvalue weighted by atomic mass is 10.2. The second kappa shape index (κ2) is 5.05. The fourth-order valence-corrected chi connectivity index (χ4v) is 1.95. The summed E-state index contributed by atoms with van der Waals surface area (Å²) in [6.07, 6.45) is 0.0398. The van der Waals surface area contributed by atoms with Crippen molar-refractivity contribution < 1.29 is 19.0 Å². The molecule has 1 amide bonds. The van der Waals surface area contributed by atoms with Gasteiger partial charge in [0.2, 0.25) is 5.82 Å². The number of hydrogen-bond donors (Lipinski definition) is 1. The molecule has 0 aromatic carbocycles. The van der Waals surface area contributed by atoms with Crippen molar-refractivity contribution in [3.05, 3.63) is 18.1 Å². The van der Waals surface area contributed by atoms with E-state index in [9.17, 15) is 9.18 Å². The van der Waals surface area contributed by atoms with Crippen LogP contribution in [0, 0.1) is 5.82 Å². The molecule has 1 unspecified atom stereocenters. The van der Waals surface area contributed by atoms with E-state index in [1.54, 1.807) is 7.05 Å². The van der Waals surface area contributed by atoms with E-state index in [1.165, 1.54) is 15.9 Å². The average Bonchev–Trinajstić information content (AvgIpc) is 3.04. The average molecular weight is 294 g/mol. The molecule has 9 nitrogen and oxygen atoms in total. The number of aliphatic hydroxyl groups is 1. The van der Waals surface area contributed by atoms with Crippen LogP contribution in [0.1, 0.15) is 0 Å². The number of anilines is 1. The third-order valence-corrected chi connectivity index (χ3v) is 2.94. The van der Waals surface area contributed by atoms with Crippen molar-refractivity contribution in [2.45, 2.75) is 6.10 Å². The highest BCUT2D eigenvalue weighted by Crippen LogP contribution is 2.25. The number of aromatic nitrogens is 5. The maximum Gasteiger partial charge on any atom is 0.414 e. The molecule has 1 atom stereocenters. The number of tetrazole rings is 1. The first-order valence-electron chi connectivity index (χ1n) is 6.07. The lowest BCUT2D eigenvalue weighted by Crippen LogP contribution is -2.25. The SMILES string of the molecule is Cn1nnc(-c2ncc(N3CC(CO)OC3=O)cc2F)n1. The highest BCUT2D eigenvalue weighted by Gasteiger charge is 2.32. The van der Waals surface area contributed by atoms with Crippen LogP contribution in [0.5, 0.6) is 0 Å². The Labute approximate surface area is 118 Å². The number of aliphatic hydroxyl groups excluding tert-OH is 1. The summed E-state index contributed by atoms with van der Waals surface area (Å²) in [5, 5.41) is 20.1. The first-order chi connectivity index (χ1) is 10.1. The summed E-state index contributed by atoms with van der Waals surface area (Å²) >= 11 is 0. The minimum absolute atomic E-state index is 0.0544. The van der Waals surface area contributed by atoms with Crippen molar-refractivity contribution in [2.24, 2.45) is 7.05 Å².